The summed E-state index contributed by atoms with van der Waals surface area (Å²) >= 11 is 0. The molecule has 2 aliphatic rings. The van der Waals surface area contributed by atoms with Crippen LogP contribution < -0.4 is 16.0 Å². The maximum atomic E-state index is 11.4. The lowest BCUT2D eigenvalue weighted by Crippen LogP contribution is -2.51. The first-order valence-corrected chi connectivity index (χ1v) is 5.54. The predicted molar refractivity (Wildman–Crippen MR) is 55.2 cm³/mol. The SMILES string of the molecule is CC1CCC(NC(=O)NC2CC2)CN1. The van der Waals surface area contributed by atoms with Crippen LogP contribution in [0.2, 0.25) is 0 Å². The number of urea groups is 1. The summed E-state index contributed by atoms with van der Waals surface area (Å²) in [4.78, 5) is 11.4. The first kappa shape index (κ1) is 9.77. The smallest absolute Gasteiger partial charge is 0.315 e. The fourth-order valence-corrected chi connectivity index (χ4v) is 1.76. The molecule has 1 saturated heterocycles. The summed E-state index contributed by atoms with van der Waals surface area (Å²) in [6.07, 6.45) is 4.53. The van der Waals surface area contributed by atoms with E-state index in [-0.39, 0.29) is 6.03 Å². The van der Waals surface area contributed by atoms with Crippen LogP contribution in [-0.4, -0.2) is 30.7 Å². The number of amides is 2. The molecular formula is C10H19N3O. The third-order valence-electron chi connectivity index (χ3n) is 2.91. The van der Waals surface area contributed by atoms with Crippen LogP contribution in [0.1, 0.15) is 32.6 Å². The molecule has 1 heterocycles. The molecule has 0 spiro atoms. The Kier molecular flexibility index (Phi) is 2.91. The molecule has 0 aromatic heterocycles. The monoisotopic (exact) mass is 197 g/mol. The van der Waals surface area contributed by atoms with Crippen LogP contribution in [0.25, 0.3) is 0 Å². The predicted octanol–water partition coefficient (Wildman–Crippen LogP) is 0.588. The van der Waals surface area contributed by atoms with E-state index in [2.05, 4.69) is 22.9 Å². The molecule has 4 heteroatoms. The minimum Gasteiger partial charge on any atom is -0.335 e. The zero-order valence-corrected chi connectivity index (χ0v) is 8.68. The van der Waals surface area contributed by atoms with E-state index in [1.807, 2.05) is 0 Å². The fourth-order valence-electron chi connectivity index (χ4n) is 1.76. The van der Waals surface area contributed by atoms with Gasteiger partial charge in [-0.25, -0.2) is 4.79 Å². The second-order valence-corrected chi connectivity index (χ2v) is 4.48. The third kappa shape index (κ3) is 2.87. The molecule has 0 aromatic rings. The van der Waals surface area contributed by atoms with Gasteiger partial charge in [0.2, 0.25) is 0 Å². The topological polar surface area (TPSA) is 53.2 Å². The molecule has 1 aliphatic carbocycles. The molecule has 0 radical (unpaired) electrons. The average molecular weight is 197 g/mol. The van der Waals surface area contributed by atoms with E-state index in [9.17, 15) is 4.79 Å². The lowest BCUT2D eigenvalue weighted by atomic mass is 10.0. The molecule has 4 nitrogen and oxygen atoms in total. The standard InChI is InChI=1S/C10H19N3O/c1-7-2-3-9(6-11-7)13-10(14)12-8-4-5-8/h7-9,11H,2-6H2,1H3,(H2,12,13,14). The van der Waals surface area contributed by atoms with E-state index < -0.39 is 0 Å². The van der Waals surface area contributed by atoms with Crippen molar-refractivity contribution >= 4 is 6.03 Å². The maximum absolute atomic E-state index is 11.4. The van der Waals surface area contributed by atoms with Gasteiger partial charge in [0.05, 0.1) is 0 Å². The molecule has 0 bridgehead atoms. The lowest BCUT2D eigenvalue weighted by Gasteiger charge is -2.28. The van der Waals surface area contributed by atoms with Crippen molar-refractivity contribution in [3.05, 3.63) is 0 Å². The zero-order valence-electron chi connectivity index (χ0n) is 8.68. The van der Waals surface area contributed by atoms with E-state index in [0.29, 0.717) is 18.1 Å². The first-order valence-electron chi connectivity index (χ1n) is 5.54. The van der Waals surface area contributed by atoms with Crippen molar-refractivity contribution in [1.82, 2.24) is 16.0 Å². The number of rotatable bonds is 2. The van der Waals surface area contributed by atoms with Crippen LogP contribution in [-0.2, 0) is 0 Å². The molecule has 2 amide bonds. The first-order chi connectivity index (χ1) is 6.74. The highest BCUT2D eigenvalue weighted by Gasteiger charge is 2.25. The molecule has 2 fully saturated rings. The van der Waals surface area contributed by atoms with E-state index in [1.165, 1.54) is 0 Å². The van der Waals surface area contributed by atoms with E-state index >= 15 is 0 Å². The Labute approximate surface area is 84.8 Å². The van der Waals surface area contributed by atoms with Gasteiger partial charge in [-0.15, -0.1) is 0 Å². The van der Waals surface area contributed by atoms with Crippen molar-refractivity contribution in [2.45, 2.75) is 50.7 Å². The highest BCUT2D eigenvalue weighted by Crippen LogP contribution is 2.18. The molecule has 2 rings (SSSR count). The molecule has 1 aliphatic heterocycles. The van der Waals surface area contributed by atoms with Crippen LogP contribution in [0.3, 0.4) is 0 Å². The minimum absolute atomic E-state index is 0.00820. The van der Waals surface area contributed by atoms with Crippen LogP contribution in [0, 0.1) is 0 Å². The van der Waals surface area contributed by atoms with Crippen molar-refractivity contribution in [2.75, 3.05) is 6.54 Å². The Balaban J connectivity index is 1.66. The molecule has 80 valence electrons. The number of carbonyl (C=O) groups excluding carboxylic acids is 1. The van der Waals surface area contributed by atoms with Gasteiger partial charge in [0.15, 0.2) is 0 Å². The number of nitrogens with one attached hydrogen (secondary N) is 3. The van der Waals surface area contributed by atoms with Gasteiger partial charge in [-0.05, 0) is 32.6 Å². The van der Waals surface area contributed by atoms with Gasteiger partial charge >= 0.3 is 6.03 Å². The highest BCUT2D eigenvalue weighted by atomic mass is 16.2. The van der Waals surface area contributed by atoms with E-state index in [1.54, 1.807) is 0 Å². The summed E-state index contributed by atoms with van der Waals surface area (Å²) in [5.74, 6) is 0. The summed E-state index contributed by atoms with van der Waals surface area (Å²) < 4.78 is 0. The van der Waals surface area contributed by atoms with Crippen LogP contribution in [0.15, 0.2) is 0 Å². The van der Waals surface area contributed by atoms with Gasteiger partial charge in [0, 0.05) is 24.7 Å². The van der Waals surface area contributed by atoms with Gasteiger partial charge in [0.1, 0.15) is 0 Å². The summed E-state index contributed by atoms with van der Waals surface area (Å²) in [6, 6.07) is 1.36. The van der Waals surface area contributed by atoms with Crippen molar-refractivity contribution in [2.24, 2.45) is 0 Å². The maximum Gasteiger partial charge on any atom is 0.315 e. The van der Waals surface area contributed by atoms with Gasteiger partial charge < -0.3 is 16.0 Å². The van der Waals surface area contributed by atoms with Gasteiger partial charge in [-0.2, -0.15) is 0 Å². The van der Waals surface area contributed by atoms with Crippen LogP contribution in [0.4, 0.5) is 4.79 Å². The Morgan fingerprint density at radius 3 is 2.36 bits per heavy atom. The quantitative estimate of drug-likeness (QED) is 0.607. The number of hydrogen-bond donors (Lipinski definition) is 3. The molecule has 2 unspecified atom stereocenters. The number of carbonyl (C=O) groups is 1. The Bertz CT molecular complexity index is 207. The Hall–Kier alpha value is -0.770. The Morgan fingerprint density at radius 1 is 1.14 bits per heavy atom. The van der Waals surface area contributed by atoms with Crippen molar-refractivity contribution in [3.63, 3.8) is 0 Å². The molecule has 0 aromatic carbocycles. The molecule has 3 N–H and O–H groups in total. The van der Waals surface area contributed by atoms with Gasteiger partial charge in [-0.3, -0.25) is 0 Å². The minimum atomic E-state index is 0.00820. The Morgan fingerprint density at radius 2 is 1.79 bits per heavy atom. The summed E-state index contributed by atoms with van der Waals surface area (Å²) in [7, 11) is 0. The third-order valence-corrected chi connectivity index (χ3v) is 2.91. The molecular weight excluding hydrogens is 178 g/mol. The lowest BCUT2D eigenvalue weighted by molar-refractivity contribution is 0.231. The molecule has 14 heavy (non-hydrogen) atoms. The molecule has 1 saturated carbocycles. The van der Waals surface area contributed by atoms with Crippen LogP contribution >= 0.6 is 0 Å². The van der Waals surface area contributed by atoms with Gasteiger partial charge in [0.25, 0.3) is 0 Å². The van der Waals surface area contributed by atoms with Crippen molar-refractivity contribution in [3.8, 4) is 0 Å². The number of hydrogen-bond acceptors (Lipinski definition) is 2. The largest absolute Gasteiger partial charge is 0.335 e. The second-order valence-electron chi connectivity index (χ2n) is 4.48. The average Bonchev–Trinajstić information content (AvgIpc) is 2.93. The fraction of sp³-hybridized carbons (Fsp3) is 0.900. The van der Waals surface area contributed by atoms with Crippen molar-refractivity contribution in [1.29, 1.82) is 0 Å². The van der Waals surface area contributed by atoms with Gasteiger partial charge in [-0.1, -0.05) is 0 Å². The van der Waals surface area contributed by atoms with E-state index in [0.717, 1.165) is 32.2 Å². The van der Waals surface area contributed by atoms with Crippen LogP contribution in [0.5, 0.6) is 0 Å². The molecule has 2 atom stereocenters. The highest BCUT2D eigenvalue weighted by molar-refractivity contribution is 5.74. The summed E-state index contributed by atoms with van der Waals surface area (Å²) in [6.45, 7) is 3.08. The van der Waals surface area contributed by atoms with E-state index in [4.69, 9.17) is 0 Å². The summed E-state index contributed by atoms with van der Waals surface area (Å²) in [5, 5.41) is 9.30. The number of piperidine rings is 1. The zero-order chi connectivity index (χ0) is 9.97. The second kappa shape index (κ2) is 4.17. The normalized spacial score (nSPS) is 32.4. The summed E-state index contributed by atoms with van der Waals surface area (Å²) in [5.41, 5.74) is 0. The van der Waals surface area contributed by atoms with Crippen molar-refractivity contribution < 1.29 is 4.79 Å².